The zero-order chi connectivity index (χ0) is 21.1. The molecule has 0 spiro atoms. The number of thioether (sulfide) groups is 1. The Hall–Kier alpha value is -3.20. The lowest BCUT2D eigenvalue weighted by molar-refractivity contribution is -0.121. The Morgan fingerprint density at radius 2 is 1.97 bits per heavy atom. The van der Waals surface area contributed by atoms with Gasteiger partial charge in [0.1, 0.15) is 11.0 Å². The van der Waals surface area contributed by atoms with E-state index >= 15 is 0 Å². The molecule has 9 heteroatoms. The zero-order valence-electron chi connectivity index (χ0n) is 16.6. The van der Waals surface area contributed by atoms with E-state index in [1.807, 2.05) is 19.1 Å². The van der Waals surface area contributed by atoms with Gasteiger partial charge >= 0.3 is 0 Å². The molecule has 2 heterocycles. The summed E-state index contributed by atoms with van der Waals surface area (Å²) in [5.74, 6) is 1.53. The van der Waals surface area contributed by atoms with E-state index in [-0.39, 0.29) is 25.0 Å². The smallest absolute Gasteiger partial charge is 0.247 e. The fourth-order valence-electron chi connectivity index (χ4n) is 3.20. The fraction of sp³-hybridized carbons (Fsp3) is 0.286. The van der Waals surface area contributed by atoms with E-state index in [9.17, 15) is 9.59 Å². The predicted molar refractivity (Wildman–Crippen MR) is 116 cm³/mol. The van der Waals surface area contributed by atoms with Crippen molar-refractivity contribution in [3.05, 3.63) is 42.5 Å². The van der Waals surface area contributed by atoms with Crippen LogP contribution in [-0.2, 0) is 9.59 Å². The number of ether oxygens (including phenoxy) is 3. The molecule has 2 amide bonds. The van der Waals surface area contributed by atoms with Crippen LogP contribution in [0, 0.1) is 0 Å². The molecule has 0 bridgehead atoms. The van der Waals surface area contributed by atoms with Gasteiger partial charge in [0.05, 0.1) is 12.3 Å². The van der Waals surface area contributed by atoms with Crippen molar-refractivity contribution in [2.75, 3.05) is 30.7 Å². The number of hydrogen-bond acceptors (Lipinski definition) is 7. The molecule has 0 saturated carbocycles. The van der Waals surface area contributed by atoms with E-state index in [2.05, 4.69) is 10.3 Å². The van der Waals surface area contributed by atoms with E-state index in [1.165, 1.54) is 16.7 Å². The Labute approximate surface area is 178 Å². The van der Waals surface area contributed by atoms with Gasteiger partial charge in [-0.2, -0.15) is 0 Å². The minimum atomic E-state index is -0.552. The second-order valence-corrected chi connectivity index (χ2v) is 7.72. The van der Waals surface area contributed by atoms with E-state index in [4.69, 9.17) is 14.2 Å². The summed E-state index contributed by atoms with van der Waals surface area (Å²) in [6, 6.07) is 12.4. The summed E-state index contributed by atoms with van der Waals surface area (Å²) < 4.78 is 16.1. The summed E-state index contributed by atoms with van der Waals surface area (Å²) in [6.07, 6.45) is 0.110. The van der Waals surface area contributed by atoms with Crippen LogP contribution in [-0.4, -0.2) is 42.7 Å². The standard InChI is InChI=1S/C21H21N3O5S/c1-3-27-15-7-5-14(6-8-15)24-19(25)11-18(20(24)26)30-21(22-2)23-13-4-9-16-17(10-13)29-12-28-16/h4-10,18H,3,11-12H2,1-2H3,(H,22,23)/t18-/m0/s1. The summed E-state index contributed by atoms with van der Waals surface area (Å²) in [4.78, 5) is 30.9. The molecule has 2 aliphatic heterocycles. The van der Waals surface area contributed by atoms with Crippen LogP contribution in [0.2, 0.25) is 0 Å². The highest BCUT2D eigenvalue weighted by molar-refractivity contribution is 8.15. The van der Waals surface area contributed by atoms with E-state index < -0.39 is 5.25 Å². The molecule has 4 rings (SSSR count). The van der Waals surface area contributed by atoms with Gasteiger partial charge in [-0.15, -0.1) is 0 Å². The molecule has 1 atom stereocenters. The average Bonchev–Trinajstić information content (AvgIpc) is 3.32. The maximum atomic E-state index is 12.9. The summed E-state index contributed by atoms with van der Waals surface area (Å²) in [6.45, 7) is 2.64. The molecule has 1 fully saturated rings. The topological polar surface area (TPSA) is 89.5 Å². The van der Waals surface area contributed by atoms with Crippen LogP contribution in [0.15, 0.2) is 47.5 Å². The predicted octanol–water partition coefficient (Wildman–Crippen LogP) is 3.28. The first kappa shape index (κ1) is 20.1. The minimum Gasteiger partial charge on any atom is -0.494 e. The molecule has 0 unspecified atom stereocenters. The number of aliphatic imine (C=N–C) groups is 1. The maximum Gasteiger partial charge on any atom is 0.247 e. The molecular weight excluding hydrogens is 406 g/mol. The van der Waals surface area contributed by atoms with Crippen molar-refractivity contribution in [2.45, 2.75) is 18.6 Å². The van der Waals surface area contributed by atoms with Crippen LogP contribution in [0.5, 0.6) is 17.2 Å². The normalized spacial score (nSPS) is 18.1. The highest BCUT2D eigenvalue weighted by atomic mass is 32.2. The molecule has 2 aromatic rings. The Bertz CT molecular complexity index is 993. The molecule has 1 N–H and O–H groups in total. The number of carbonyl (C=O) groups excluding carboxylic acids is 2. The monoisotopic (exact) mass is 427 g/mol. The lowest BCUT2D eigenvalue weighted by Crippen LogP contribution is -2.31. The second kappa shape index (κ2) is 8.66. The summed E-state index contributed by atoms with van der Waals surface area (Å²) in [7, 11) is 1.63. The maximum absolute atomic E-state index is 12.9. The van der Waals surface area contributed by atoms with E-state index in [0.29, 0.717) is 34.7 Å². The number of hydrogen-bond donors (Lipinski definition) is 1. The number of imide groups is 1. The zero-order valence-corrected chi connectivity index (χ0v) is 17.4. The second-order valence-electron chi connectivity index (χ2n) is 6.53. The number of nitrogens with one attached hydrogen (secondary N) is 1. The van der Waals surface area contributed by atoms with Crippen LogP contribution in [0.4, 0.5) is 11.4 Å². The highest BCUT2D eigenvalue weighted by Gasteiger charge is 2.40. The lowest BCUT2D eigenvalue weighted by Gasteiger charge is -2.16. The summed E-state index contributed by atoms with van der Waals surface area (Å²) >= 11 is 1.23. The largest absolute Gasteiger partial charge is 0.494 e. The third-order valence-corrected chi connectivity index (χ3v) is 5.75. The van der Waals surface area contributed by atoms with E-state index in [0.717, 1.165) is 5.69 Å². The van der Waals surface area contributed by atoms with Gasteiger partial charge in [-0.1, -0.05) is 11.8 Å². The van der Waals surface area contributed by atoms with Crippen molar-refractivity contribution in [3.63, 3.8) is 0 Å². The Kier molecular flexibility index (Phi) is 5.80. The van der Waals surface area contributed by atoms with Crippen LogP contribution in [0.25, 0.3) is 0 Å². The van der Waals surface area contributed by atoms with Crippen LogP contribution in [0.1, 0.15) is 13.3 Å². The van der Waals surface area contributed by atoms with Gasteiger partial charge < -0.3 is 19.5 Å². The van der Waals surface area contributed by atoms with Crippen LogP contribution >= 0.6 is 11.8 Å². The third kappa shape index (κ3) is 4.06. The summed E-state index contributed by atoms with van der Waals surface area (Å²) in [5.41, 5.74) is 1.29. The average molecular weight is 427 g/mol. The Morgan fingerprint density at radius 3 is 2.70 bits per heavy atom. The molecule has 2 aromatic carbocycles. The molecule has 156 valence electrons. The van der Waals surface area contributed by atoms with Gasteiger partial charge in [0.15, 0.2) is 16.7 Å². The molecule has 0 radical (unpaired) electrons. The van der Waals surface area contributed by atoms with Crippen molar-refractivity contribution >= 4 is 40.1 Å². The van der Waals surface area contributed by atoms with Gasteiger partial charge in [-0.3, -0.25) is 14.6 Å². The van der Waals surface area contributed by atoms with Gasteiger partial charge in [0.25, 0.3) is 0 Å². The van der Waals surface area contributed by atoms with Gasteiger partial charge in [0, 0.05) is 25.2 Å². The van der Waals surface area contributed by atoms with Gasteiger partial charge in [-0.05, 0) is 43.3 Å². The van der Waals surface area contributed by atoms with Crippen LogP contribution in [0.3, 0.4) is 0 Å². The lowest BCUT2D eigenvalue weighted by atomic mass is 10.3. The van der Waals surface area contributed by atoms with Gasteiger partial charge in [0.2, 0.25) is 18.6 Å². The molecule has 0 aliphatic carbocycles. The first-order valence-corrected chi connectivity index (χ1v) is 10.4. The van der Waals surface area contributed by atoms with Crippen molar-refractivity contribution in [3.8, 4) is 17.2 Å². The van der Waals surface area contributed by atoms with Crippen molar-refractivity contribution in [1.29, 1.82) is 0 Å². The highest BCUT2D eigenvalue weighted by Crippen LogP contribution is 2.35. The summed E-state index contributed by atoms with van der Waals surface area (Å²) in [5, 5.41) is 3.16. The Morgan fingerprint density at radius 1 is 1.20 bits per heavy atom. The van der Waals surface area contributed by atoms with Crippen molar-refractivity contribution in [2.24, 2.45) is 4.99 Å². The third-order valence-electron chi connectivity index (χ3n) is 4.59. The van der Waals surface area contributed by atoms with Gasteiger partial charge in [-0.25, -0.2) is 4.90 Å². The molecule has 30 heavy (non-hydrogen) atoms. The quantitative estimate of drug-likeness (QED) is 0.445. The first-order valence-electron chi connectivity index (χ1n) is 9.49. The van der Waals surface area contributed by atoms with Crippen molar-refractivity contribution in [1.82, 2.24) is 0 Å². The van der Waals surface area contributed by atoms with Crippen LogP contribution < -0.4 is 24.4 Å². The fourth-order valence-corrected chi connectivity index (χ4v) is 4.18. The van der Waals surface area contributed by atoms with E-state index in [1.54, 1.807) is 37.4 Å². The number of carbonyl (C=O) groups is 2. The minimum absolute atomic E-state index is 0.110. The number of benzene rings is 2. The SMILES string of the molecule is CCOc1ccc(N2C(=O)C[C@H](SC(=NC)Nc3ccc4c(c3)OCO4)C2=O)cc1. The number of fused-ring (bicyclic) bond motifs is 1. The number of amides is 2. The molecule has 1 saturated heterocycles. The molecule has 2 aliphatic rings. The molecular formula is C21H21N3O5S. The Balaban J connectivity index is 1.43. The number of rotatable bonds is 5. The first-order chi connectivity index (χ1) is 14.6. The number of nitrogens with zero attached hydrogens (tertiary/aromatic N) is 2. The number of anilines is 2. The molecule has 0 aromatic heterocycles. The molecule has 8 nitrogen and oxygen atoms in total. The number of amidine groups is 1. The van der Waals surface area contributed by atoms with Crippen molar-refractivity contribution < 1.29 is 23.8 Å².